The van der Waals surface area contributed by atoms with Gasteiger partial charge in [0, 0.05) is 18.2 Å². The molecule has 2 aromatic heterocycles. The summed E-state index contributed by atoms with van der Waals surface area (Å²) in [6.07, 6.45) is 5.20. The first-order valence-corrected chi connectivity index (χ1v) is 5.03. The van der Waals surface area contributed by atoms with Crippen LogP contribution in [0.2, 0.25) is 0 Å². The summed E-state index contributed by atoms with van der Waals surface area (Å²) in [5.74, 6) is 0.459. The van der Waals surface area contributed by atoms with Gasteiger partial charge in [0.25, 0.3) is 0 Å². The summed E-state index contributed by atoms with van der Waals surface area (Å²) in [7, 11) is 0. The van der Waals surface area contributed by atoms with E-state index < -0.39 is 5.60 Å². The van der Waals surface area contributed by atoms with Gasteiger partial charge < -0.3 is 15.3 Å². The first-order chi connectivity index (χ1) is 7.58. The quantitative estimate of drug-likeness (QED) is 0.822. The normalized spacial score (nSPS) is 14.6. The minimum Gasteiger partial charge on any atom is -0.472 e. The Hall–Kier alpha value is -1.81. The molecule has 0 radical (unpaired) electrons. The summed E-state index contributed by atoms with van der Waals surface area (Å²) in [6.45, 7) is 1.74. The summed E-state index contributed by atoms with van der Waals surface area (Å²) in [5.41, 5.74) is 6.32. The summed E-state index contributed by atoms with van der Waals surface area (Å²) in [6, 6.07) is 5.35. The number of aliphatic hydroxyl groups is 1. The van der Waals surface area contributed by atoms with Crippen LogP contribution in [-0.2, 0) is 12.0 Å². The van der Waals surface area contributed by atoms with Crippen LogP contribution in [0.4, 0.5) is 5.82 Å². The van der Waals surface area contributed by atoms with Crippen molar-refractivity contribution in [2.75, 3.05) is 5.73 Å². The molecule has 0 aliphatic carbocycles. The van der Waals surface area contributed by atoms with Gasteiger partial charge >= 0.3 is 0 Å². The number of anilines is 1. The molecule has 0 saturated heterocycles. The highest BCUT2D eigenvalue weighted by atomic mass is 16.3. The number of nitrogens with two attached hydrogens (primary N) is 1. The van der Waals surface area contributed by atoms with E-state index in [1.54, 1.807) is 37.8 Å². The summed E-state index contributed by atoms with van der Waals surface area (Å²) in [5, 5.41) is 10.3. The van der Waals surface area contributed by atoms with Crippen molar-refractivity contribution in [2.45, 2.75) is 18.9 Å². The Balaban J connectivity index is 2.21. The van der Waals surface area contributed by atoms with Crippen molar-refractivity contribution < 1.29 is 9.52 Å². The number of nitrogens with zero attached hydrogens (tertiary/aromatic N) is 1. The van der Waals surface area contributed by atoms with Gasteiger partial charge in [-0.1, -0.05) is 0 Å². The van der Waals surface area contributed by atoms with Gasteiger partial charge in [-0.05, 0) is 30.7 Å². The van der Waals surface area contributed by atoms with Crippen LogP contribution in [0.5, 0.6) is 0 Å². The topological polar surface area (TPSA) is 72.3 Å². The molecule has 1 unspecified atom stereocenters. The third kappa shape index (κ3) is 2.23. The lowest BCUT2D eigenvalue weighted by molar-refractivity contribution is 0.0570. The van der Waals surface area contributed by atoms with Crippen molar-refractivity contribution in [3.8, 4) is 0 Å². The van der Waals surface area contributed by atoms with Gasteiger partial charge in [-0.15, -0.1) is 0 Å². The molecule has 4 nitrogen and oxygen atoms in total. The van der Waals surface area contributed by atoms with Crippen LogP contribution in [-0.4, -0.2) is 10.1 Å². The van der Waals surface area contributed by atoms with Crippen molar-refractivity contribution in [2.24, 2.45) is 0 Å². The van der Waals surface area contributed by atoms with Crippen LogP contribution in [0, 0.1) is 0 Å². The highest BCUT2D eigenvalue weighted by Gasteiger charge is 2.24. The van der Waals surface area contributed by atoms with E-state index in [1.807, 2.05) is 6.07 Å². The fraction of sp³-hybridized carbons (Fsp3) is 0.250. The van der Waals surface area contributed by atoms with E-state index in [2.05, 4.69) is 4.98 Å². The maximum Gasteiger partial charge on any atom is 0.123 e. The summed E-state index contributed by atoms with van der Waals surface area (Å²) >= 11 is 0. The predicted octanol–water partition coefficient (Wildman–Crippen LogP) is 1.71. The second-order valence-electron chi connectivity index (χ2n) is 4.05. The molecule has 0 bridgehead atoms. The lowest BCUT2D eigenvalue weighted by Crippen LogP contribution is -2.23. The monoisotopic (exact) mass is 218 g/mol. The molecule has 0 aromatic carbocycles. The van der Waals surface area contributed by atoms with Crippen LogP contribution in [0.3, 0.4) is 0 Å². The second-order valence-corrected chi connectivity index (χ2v) is 4.05. The highest BCUT2D eigenvalue weighted by Crippen LogP contribution is 2.25. The van der Waals surface area contributed by atoms with E-state index in [-0.39, 0.29) is 0 Å². The highest BCUT2D eigenvalue weighted by molar-refractivity contribution is 5.33. The van der Waals surface area contributed by atoms with E-state index >= 15 is 0 Å². The van der Waals surface area contributed by atoms with E-state index in [0.717, 1.165) is 11.1 Å². The summed E-state index contributed by atoms with van der Waals surface area (Å²) < 4.78 is 4.97. The number of furan rings is 1. The SMILES string of the molecule is CC(O)(Cc1ccnc(N)c1)c1ccoc1. The molecule has 0 aliphatic heterocycles. The molecule has 0 spiro atoms. The van der Waals surface area contributed by atoms with Crippen molar-refractivity contribution in [3.63, 3.8) is 0 Å². The van der Waals surface area contributed by atoms with Crippen molar-refractivity contribution in [1.82, 2.24) is 4.98 Å². The Morgan fingerprint density at radius 1 is 1.50 bits per heavy atom. The maximum absolute atomic E-state index is 10.3. The van der Waals surface area contributed by atoms with Crippen molar-refractivity contribution in [3.05, 3.63) is 48.0 Å². The lowest BCUT2D eigenvalue weighted by Gasteiger charge is -2.21. The van der Waals surface area contributed by atoms with Crippen LogP contribution < -0.4 is 5.73 Å². The Kier molecular flexibility index (Phi) is 2.66. The van der Waals surface area contributed by atoms with E-state index in [9.17, 15) is 5.11 Å². The Bertz CT molecular complexity index is 464. The molecule has 16 heavy (non-hydrogen) atoms. The first-order valence-electron chi connectivity index (χ1n) is 5.03. The standard InChI is InChI=1S/C12H14N2O2/c1-12(15,10-3-5-16-8-10)7-9-2-4-14-11(13)6-9/h2-6,8,15H,7H2,1H3,(H2,13,14). The molecule has 4 heteroatoms. The average Bonchev–Trinajstić information content (AvgIpc) is 2.69. The molecule has 84 valence electrons. The van der Waals surface area contributed by atoms with Gasteiger partial charge in [0.1, 0.15) is 5.82 Å². The van der Waals surface area contributed by atoms with E-state index in [4.69, 9.17) is 10.2 Å². The van der Waals surface area contributed by atoms with E-state index in [0.29, 0.717) is 12.2 Å². The maximum atomic E-state index is 10.3. The van der Waals surface area contributed by atoms with Crippen LogP contribution >= 0.6 is 0 Å². The molecule has 1 atom stereocenters. The van der Waals surface area contributed by atoms with Crippen LogP contribution in [0.25, 0.3) is 0 Å². The minimum absolute atomic E-state index is 0.459. The molecule has 3 N–H and O–H groups in total. The fourth-order valence-corrected chi connectivity index (χ4v) is 1.67. The van der Waals surface area contributed by atoms with Crippen LogP contribution in [0.15, 0.2) is 41.3 Å². The number of hydrogen-bond donors (Lipinski definition) is 2. The zero-order valence-electron chi connectivity index (χ0n) is 9.05. The Morgan fingerprint density at radius 3 is 2.94 bits per heavy atom. The number of pyridine rings is 1. The fourth-order valence-electron chi connectivity index (χ4n) is 1.67. The summed E-state index contributed by atoms with van der Waals surface area (Å²) in [4.78, 5) is 3.91. The van der Waals surface area contributed by atoms with E-state index in [1.165, 1.54) is 0 Å². The van der Waals surface area contributed by atoms with Gasteiger partial charge in [0.15, 0.2) is 0 Å². The molecule has 0 amide bonds. The van der Waals surface area contributed by atoms with Gasteiger partial charge in [-0.25, -0.2) is 4.98 Å². The third-order valence-corrected chi connectivity index (χ3v) is 2.54. The molecule has 0 aliphatic rings. The molecule has 2 heterocycles. The molecule has 2 rings (SSSR count). The first kappa shape index (κ1) is 10.7. The largest absolute Gasteiger partial charge is 0.472 e. The average molecular weight is 218 g/mol. The molecule has 2 aromatic rings. The number of nitrogen functional groups attached to an aromatic ring is 1. The molecular weight excluding hydrogens is 204 g/mol. The van der Waals surface area contributed by atoms with Gasteiger partial charge in [0.2, 0.25) is 0 Å². The Labute approximate surface area is 93.7 Å². The lowest BCUT2D eigenvalue weighted by atomic mass is 9.91. The van der Waals surface area contributed by atoms with Gasteiger partial charge in [-0.2, -0.15) is 0 Å². The number of rotatable bonds is 3. The molecule has 0 fully saturated rings. The Morgan fingerprint density at radius 2 is 2.31 bits per heavy atom. The van der Waals surface area contributed by atoms with Crippen LogP contribution in [0.1, 0.15) is 18.1 Å². The van der Waals surface area contributed by atoms with Crippen molar-refractivity contribution >= 4 is 5.82 Å². The minimum atomic E-state index is -0.958. The second kappa shape index (κ2) is 3.98. The number of hydrogen-bond acceptors (Lipinski definition) is 4. The predicted molar refractivity (Wildman–Crippen MR) is 60.6 cm³/mol. The smallest absolute Gasteiger partial charge is 0.123 e. The number of aromatic nitrogens is 1. The van der Waals surface area contributed by atoms with Gasteiger partial charge in [-0.3, -0.25) is 0 Å². The zero-order valence-corrected chi connectivity index (χ0v) is 9.05. The molecule has 0 saturated carbocycles. The zero-order chi connectivity index (χ0) is 11.6. The van der Waals surface area contributed by atoms with Crippen molar-refractivity contribution in [1.29, 1.82) is 0 Å². The third-order valence-electron chi connectivity index (χ3n) is 2.54. The van der Waals surface area contributed by atoms with Gasteiger partial charge in [0.05, 0.1) is 18.1 Å². The molecular formula is C12H14N2O2.